The molecule has 0 heterocycles. The van der Waals surface area contributed by atoms with Gasteiger partial charge in [-0.15, -0.1) is 24.0 Å². The van der Waals surface area contributed by atoms with E-state index < -0.39 is 9.84 Å². The van der Waals surface area contributed by atoms with Crippen LogP contribution in [0.1, 0.15) is 17.5 Å². The number of sulfone groups is 1. The van der Waals surface area contributed by atoms with E-state index in [1.165, 1.54) is 18.4 Å². The first-order valence-corrected chi connectivity index (χ1v) is 9.25. The van der Waals surface area contributed by atoms with Crippen LogP contribution in [-0.4, -0.2) is 46.5 Å². The molecule has 0 saturated carbocycles. The van der Waals surface area contributed by atoms with Crippen molar-refractivity contribution in [2.75, 3.05) is 32.1 Å². The molecule has 0 aromatic heterocycles. The third-order valence-corrected chi connectivity index (χ3v) is 4.23. The van der Waals surface area contributed by atoms with Crippen molar-refractivity contribution in [2.24, 2.45) is 4.99 Å². The number of nitrogens with zero attached hydrogens (tertiary/aromatic N) is 1. The number of aryl methyl sites for hydroxylation is 1. The molecule has 0 aliphatic rings. The van der Waals surface area contributed by atoms with E-state index in [1.54, 1.807) is 13.1 Å². The van der Waals surface area contributed by atoms with E-state index in [1.807, 2.05) is 6.92 Å². The third kappa shape index (κ3) is 9.75. The van der Waals surface area contributed by atoms with Crippen LogP contribution in [0.5, 0.6) is 0 Å². The molecule has 23 heavy (non-hydrogen) atoms. The summed E-state index contributed by atoms with van der Waals surface area (Å²) in [7, 11) is -1.26. The first-order chi connectivity index (χ1) is 10.3. The van der Waals surface area contributed by atoms with Gasteiger partial charge in [-0.2, -0.15) is 0 Å². The Morgan fingerprint density at radius 2 is 1.91 bits per heavy atom. The van der Waals surface area contributed by atoms with Gasteiger partial charge in [-0.05, 0) is 43.0 Å². The van der Waals surface area contributed by atoms with Gasteiger partial charge in [0.05, 0.1) is 5.75 Å². The summed E-state index contributed by atoms with van der Waals surface area (Å²) in [6.45, 7) is 3.09. The molecule has 1 rings (SSSR count). The molecule has 0 spiro atoms. The second kappa shape index (κ2) is 10.8. The van der Waals surface area contributed by atoms with Crippen LogP contribution in [0.15, 0.2) is 23.2 Å². The van der Waals surface area contributed by atoms with E-state index in [2.05, 4.69) is 15.6 Å². The van der Waals surface area contributed by atoms with Gasteiger partial charge in [0.25, 0.3) is 0 Å². The Labute approximate surface area is 155 Å². The lowest BCUT2D eigenvalue weighted by Crippen LogP contribution is -2.39. The predicted octanol–water partition coefficient (Wildman–Crippen LogP) is 1.89. The normalized spacial score (nSPS) is 11.7. The molecule has 0 bridgehead atoms. The first kappa shape index (κ1) is 22.1. The summed E-state index contributed by atoms with van der Waals surface area (Å²) in [5.41, 5.74) is 2.01. The lowest BCUT2D eigenvalue weighted by molar-refractivity contribution is 0.598. The topological polar surface area (TPSA) is 70.6 Å². The van der Waals surface area contributed by atoms with Gasteiger partial charge < -0.3 is 10.6 Å². The van der Waals surface area contributed by atoms with Crippen molar-refractivity contribution >= 4 is 39.8 Å². The number of nitrogens with one attached hydrogen (secondary N) is 2. The molecule has 0 aliphatic carbocycles. The number of hydrogen-bond acceptors (Lipinski definition) is 3. The Balaban J connectivity index is 0.00000484. The minimum Gasteiger partial charge on any atom is -0.356 e. The molecule has 8 heteroatoms. The van der Waals surface area contributed by atoms with E-state index in [0.29, 0.717) is 25.5 Å². The maximum absolute atomic E-state index is 13.0. The highest BCUT2D eigenvalue weighted by Gasteiger charge is 2.03. The van der Waals surface area contributed by atoms with Gasteiger partial charge >= 0.3 is 0 Å². The zero-order valence-electron chi connectivity index (χ0n) is 13.7. The Hall–Kier alpha value is -0.900. The van der Waals surface area contributed by atoms with Crippen molar-refractivity contribution in [1.29, 1.82) is 0 Å². The fraction of sp³-hybridized carbons (Fsp3) is 0.533. The summed E-state index contributed by atoms with van der Waals surface area (Å²) in [5, 5.41) is 6.22. The number of rotatable bonds is 7. The molecule has 0 radical (unpaired) electrons. The second-order valence-electron chi connectivity index (χ2n) is 5.23. The lowest BCUT2D eigenvalue weighted by atomic mass is 10.1. The highest BCUT2D eigenvalue weighted by Crippen LogP contribution is 2.10. The molecule has 0 atom stereocenters. The predicted molar refractivity (Wildman–Crippen MR) is 104 cm³/mol. The van der Waals surface area contributed by atoms with Crippen molar-refractivity contribution in [3.05, 3.63) is 35.1 Å². The molecule has 0 unspecified atom stereocenters. The average molecular weight is 457 g/mol. The van der Waals surface area contributed by atoms with Gasteiger partial charge in [0.2, 0.25) is 0 Å². The van der Waals surface area contributed by atoms with Crippen molar-refractivity contribution < 1.29 is 12.8 Å². The summed E-state index contributed by atoms with van der Waals surface area (Å²) in [6.07, 6.45) is 2.53. The quantitative estimate of drug-likeness (QED) is 0.284. The van der Waals surface area contributed by atoms with Crippen molar-refractivity contribution in [1.82, 2.24) is 10.6 Å². The maximum Gasteiger partial charge on any atom is 0.190 e. The molecule has 0 saturated heterocycles. The largest absolute Gasteiger partial charge is 0.356 e. The Bertz CT molecular complexity index is 621. The number of aliphatic imine (C=N–C) groups is 1. The molecule has 2 N–H and O–H groups in total. The summed E-state index contributed by atoms with van der Waals surface area (Å²) >= 11 is 0. The van der Waals surface area contributed by atoms with Crippen LogP contribution in [0.3, 0.4) is 0 Å². The zero-order valence-corrected chi connectivity index (χ0v) is 16.9. The van der Waals surface area contributed by atoms with Crippen LogP contribution in [0.25, 0.3) is 0 Å². The fourth-order valence-corrected chi connectivity index (χ4v) is 2.69. The average Bonchev–Trinajstić information content (AvgIpc) is 2.42. The fourth-order valence-electron chi connectivity index (χ4n) is 2.02. The van der Waals surface area contributed by atoms with Crippen LogP contribution in [-0.2, 0) is 16.3 Å². The maximum atomic E-state index is 13.0. The molecule has 132 valence electrons. The summed E-state index contributed by atoms with van der Waals surface area (Å²) in [5.74, 6) is 0.567. The van der Waals surface area contributed by atoms with E-state index in [-0.39, 0.29) is 35.5 Å². The van der Waals surface area contributed by atoms with Crippen LogP contribution < -0.4 is 10.6 Å². The summed E-state index contributed by atoms with van der Waals surface area (Å²) in [4.78, 5) is 4.07. The van der Waals surface area contributed by atoms with Crippen molar-refractivity contribution in [3.8, 4) is 0 Å². The number of halogens is 2. The lowest BCUT2D eigenvalue weighted by Gasteiger charge is -2.12. The van der Waals surface area contributed by atoms with Crippen LogP contribution in [0.4, 0.5) is 4.39 Å². The van der Waals surface area contributed by atoms with E-state index >= 15 is 0 Å². The molecule has 0 amide bonds. The minimum absolute atomic E-state index is 0. The molecule has 5 nitrogen and oxygen atoms in total. The van der Waals surface area contributed by atoms with Crippen molar-refractivity contribution in [2.45, 2.75) is 19.8 Å². The zero-order chi connectivity index (χ0) is 16.6. The molecular weight excluding hydrogens is 432 g/mol. The number of guanidine groups is 1. The van der Waals surface area contributed by atoms with E-state index in [4.69, 9.17) is 0 Å². The summed E-state index contributed by atoms with van der Waals surface area (Å²) in [6, 6.07) is 4.77. The van der Waals surface area contributed by atoms with Gasteiger partial charge in [0, 0.05) is 26.4 Å². The standard InChI is InChI=1S/C15H24FN3O2S.HI/c1-12-11-14(16)6-5-13(12)7-9-19-15(17-2)18-8-4-10-22(3,20)21;/h5-6,11H,4,7-10H2,1-3H3,(H2,17,18,19);1H. The summed E-state index contributed by atoms with van der Waals surface area (Å²) < 4.78 is 35.1. The van der Waals surface area contributed by atoms with Crippen LogP contribution >= 0.6 is 24.0 Å². The SMILES string of the molecule is CN=C(NCCCS(C)(=O)=O)NCCc1ccc(F)cc1C.I. The first-order valence-electron chi connectivity index (χ1n) is 7.19. The van der Waals surface area contributed by atoms with Crippen LogP contribution in [0, 0.1) is 12.7 Å². The van der Waals surface area contributed by atoms with Gasteiger partial charge in [0.15, 0.2) is 5.96 Å². The monoisotopic (exact) mass is 457 g/mol. The minimum atomic E-state index is -2.92. The molecule has 0 aliphatic heterocycles. The van der Waals surface area contributed by atoms with Crippen LogP contribution in [0.2, 0.25) is 0 Å². The van der Waals surface area contributed by atoms with E-state index in [9.17, 15) is 12.8 Å². The Morgan fingerprint density at radius 3 is 2.48 bits per heavy atom. The Morgan fingerprint density at radius 1 is 1.26 bits per heavy atom. The third-order valence-electron chi connectivity index (χ3n) is 3.20. The van der Waals surface area contributed by atoms with Gasteiger partial charge in [-0.25, -0.2) is 12.8 Å². The highest BCUT2D eigenvalue weighted by molar-refractivity contribution is 14.0. The van der Waals surface area contributed by atoms with Gasteiger partial charge in [0.1, 0.15) is 15.7 Å². The van der Waals surface area contributed by atoms with Crippen molar-refractivity contribution in [3.63, 3.8) is 0 Å². The number of hydrogen-bond donors (Lipinski definition) is 2. The number of benzene rings is 1. The smallest absolute Gasteiger partial charge is 0.190 e. The second-order valence-corrected chi connectivity index (χ2v) is 7.49. The molecule has 1 aromatic carbocycles. The molecule has 0 fully saturated rings. The Kier molecular flexibility index (Phi) is 10.4. The van der Waals surface area contributed by atoms with Gasteiger partial charge in [-0.1, -0.05) is 6.07 Å². The van der Waals surface area contributed by atoms with Gasteiger partial charge in [-0.3, -0.25) is 4.99 Å². The molecular formula is C15H25FIN3O2S. The highest BCUT2D eigenvalue weighted by atomic mass is 127. The molecule has 1 aromatic rings. The van der Waals surface area contributed by atoms with E-state index in [0.717, 1.165) is 17.5 Å².